The van der Waals surface area contributed by atoms with Gasteiger partial charge in [0.25, 0.3) is 0 Å². The number of hydrogen-bond acceptors (Lipinski definition) is 4. The number of piperazine rings is 1. The summed E-state index contributed by atoms with van der Waals surface area (Å²) in [5.74, 6) is 2.53. The van der Waals surface area contributed by atoms with Crippen LogP contribution < -0.4 is 0 Å². The van der Waals surface area contributed by atoms with E-state index in [0.29, 0.717) is 0 Å². The van der Waals surface area contributed by atoms with Gasteiger partial charge in [0.15, 0.2) is 0 Å². The summed E-state index contributed by atoms with van der Waals surface area (Å²) < 4.78 is 0. The largest absolute Gasteiger partial charge is 0.299 e. The summed E-state index contributed by atoms with van der Waals surface area (Å²) in [6.07, 6.45) is 4.39. The van der Waals surface area contributed by atoms with Crippen molar-refractivity contribution in [1.29, 1.82) is 0 Å². The number of nitrogens with zero attached hydrogens (tertiary/aromatic N) is 2. The maximum absolute atomic E-state index is 2.67. The van der Waals surface area contributed by atoms with Crippen molar-refractivity contribution in [2.24, 2.45) is 0 Å². The van der Waals surface area contributed by atoms with Gasteiger partial charge in [-0.05, 0) is 26.4 Å². The van der Waals surface area contributed by atoms with Gasteiger partial charge in [-0.1, -0.05) is 0 Å². The Labute approximate surface area is 110 Å². The normalized spacial score (nSPS) is 28.5. The molecule has 0 bridgehead atoms. The van der Waals surface area contributed by atoms with E-state index in [-0.39, 0.29) is 0 Å². The lowest BCUT2D eigenvalue weighted by Gasteiger charge is -2.44. The van der Waals surface area contributed by atoms with E-state index >= 15 is 0 Å². The molecule has 1 rings (SSSR count). The van der Waals surface area contributed by atoms with E-state index in [1.165, 1.54) is 37.7 Å². The average Bonchev–Trinajstić information content (AvgIpc) is 2.25. The summed E-state index contributed by atoms with van der Waals surface area (Å²) in [6, 6.07) is 1.44. The molecule has 0 saturated carbocycles. The van der Waals surface area contributed by atoms with E-state index in [1.807, 2.05) is 23.5 Å². The Kier molecular flexibility index (Phi) is 7.20. The molecular formula is C12H26N2S2. The molecule has 0 unspecified atom stereocenters. The third-order valence-electron chi connectivity index (χ3n) is 3.34. The van der Waals surface area contributed by atoms with Crippen LogP contribution in [0.3, 0.4) is 0 Å². The van der Waals surface area contributed by atoms with E-state index in [9.17, 15) is 0 Å². The Balaban J connectivity index is 2.37. The predicted molar refractivity (Wildman–Crippen MR) is 78.8 cm³/mol. The van der Waals surface area contributed by atoms with E-state index in [0.717, 1.165) is 12.1 Å². The van der Waals surface area contributed by atoms with Crippen molar-refractivity contribution in [2.75, 3.05) is 50.2 Å². The molecule has 1 aliphatic heterocycles. The van der Waals surface area contributed by atoms with Gasteiger partial charge in [-0.2, -0.15) is 23.5 Å². The van der Waals surface area contributed by atoms with Crippen molar-refractivity contribution in [3.05, 3.63) is 0 Å². The van der Waals surface area contributed by atoms with Crippen LogP contribution in [0.4, 0.5) is 0 Å². The van der Waals surface area contributed by atoms with Crippen LogP contribution in [0.2, 0.25) is 0 Å². The van der Waals surface area contributed by atoms with Crippen molar-refractivity contribution < 1.29 is 0 Å². The molecule has 1 aliphatic rings. The molecule has 0 aliphatic carbocycles. The van der Waals surface area contributed by atoms with Gasteiger partial charge in [0.2, 0.25) is 0 Å². The van der Waals surface area contributed by atoms with Gasteiger partial charge in [-0.3, -0.25) is 9.80 Å². The zero-order valence-electron chi connectivity index (χ0n) is 11.1. The molecule has 2 atom stereocenters. The van der Waals surface area contributed by atoms with Crippen LogP contribution in [0.15, 0.2) is 0 Å². The molecule has 16 heavy (non-hydrogen) atoms. The lowest BCUT2D eigenvalue weighted by Crippen LogP contribution is -2.57. The third-order valence-corrected chi connectivity index (χ3v) is 4.52. The first-order valence-electron chi connectivity index (χ1n) is 6.15. The Bertz CT molecular complexity index is 178. The summed E-state index contributed by atoms with van der Waals surface area (Å²) in [5, 5.41) is 0. The zero-order chi connectivity index (χ0) is 12.0. The molecule has 96 valence electrons. The summed E-state index contributed by atoms with van der Waals surface area (Å²) in [7, 11) is 0. The molecule has 0 aromatic carbocycles. The fraction of sp³-hybridized carbons (Fsp3) is 1.00. The SMILES string of the molecule is CSCCN1C[C@@H](C)N(CCSC)[C@@H](C)C1. The van der Waals surface area contributed by atoms with Gasteiger partial charge in [0.05, 0.1) is 0 Å². The highest BCUT2D eigenvalue weighted by molar-refractivity contribution is 7.98. The monoisotopic (exact) mass is 262 g/mol. The number of rotatable bonds is 6. The van der Waals surface area contributed by atoms with Gasteiger partial charge < -0.3 is 0 Å². The topological polar surface area (TPSA) is 6.48 Å². The summed E-state index contributed by atoms with van der Waals surface area (Å²) in [6.45, 7) is 9.76. The molecule has 1 saturated heterocycles. The van der Waals surface area contributed by atoms with Crippen molar-refractivity contribution in [1.82, 2.24) is 9.80 Å². The third kappa shape index (κ3) is 4.47. The van der Waals surface area contributed by atoms with Crippen LogP contribution in [0.5, 0.6) is 0 Å². The summed E-state index contributed by atoms with van der Waals surface area (Å²) in [4.78, 5) is 5.30. The van der Waals surface area contributed by atoms with Gasteiger partial charge in [0, 0.05) is 49.8 Å². The molecule has 0 aromatic heterocycles. The highest BCUT2D eigenvalue weighted by Crippen LogP contribution is 2.16. The van der Waals surface area contributed by atoms with Gasteiger partial charge >= 0.3 is 0 Å². The number of hydrogen-bond donors (Lipinski definition) is 0. The lowest BCUT2D eigenvalue weighted by molar-refractivity contribution is 0.0477. The highest BCUT2D eigenvalue weighted by atomic mass is 32.2. The van der Waals surface area contributed by atoms with E-state index < -0.39 is 0 Å². The van der Waals surface area contributed by atoms with Crippen molar-refractivity contribution >= 4 is 23.5 Å². The van der Waals surface area contributed by atoms with Crippen molar-refractivity contribution in [3.63, 3.8) is 0 Å². The summed E-state index contributed by atoms with van der Waals surface area (Å²) in [5.41, 5.74) is 0. The minimum atomic E-state index is 0.720. The molecule has 0 N–H and O–H groups in total. The molecule has 1 fully saturated rings. The van der Waals surface area contributed by atoms with Crippen LogP contribution >= 0.6 is 23.5 Å². The molecule has 0 amide bonds. The van der Waals surface area contributed by atoms with Gasteiger partial charge in [-0.15, -0.1) is 0 Å². The molecule has 4 heteroatoms. The van der Waals surface area contributed by atoms with Gasteiger partial charge in [0.1, 0.15) is 0 Å². The second-order valence-electron chi connectivity index (χ2n) is 4.68. The van der Waals surface area contributed by atoms with Crippen LogP contribution in [-0.4, -0.2) is 72.1 Å². The lowest BCUT2D eigenvalue weighted by atomic mass is 10.1. The Morgan fingerprint density at radius 3 is 1.94 bits per heavy atom. The van der Waals surface area contributed by atoms with Crippen LogP contribution in [0.25, 0.3) is 0 Å². The number of thioether (sulfide) groups is 2. The second-order valence-corrected chi connectivity index (χ2v) is 6.65. The standard InChI is InChI=1S/C12H26N2S2/c1-11-9-13(5-7-15-3)10-12(2)14(11)6-8-16-4/h11-12H,5-10H2,1-4H3/t11-,12+. The minimum absolute atomic E-state index is 0.720. The zero-order valence-corrected chi connectivity index (χ0v) is 12.7. The van der Waals surface area contributed by atoms with Crippen LogP contribution in [0.1, 0.15) is 13.8 Å². The first-order valence-corrected chi connectivity index (χ1v) is 8.93. The van der Waals surface area contributed by atoms with E-state index in [2.05, 4.69) is 36.2 Å². The molecule has 1 heterocycles. The minimum Gasteiger partial charge on any atom is -0.299 e. The second kappa shape index (κ2) is 7.85. The molecule has 2 nitrogen and oxygen atoms in total. The van der Waals surface area contributed by atoms with E-state index in [4.69, 9.17) is 0 Å². The van der Waals surface area contributed by atoms with Crippen LogP contribution in [-0.2, 0) is 0 Å². The quantitative estimate of drug-likeness (QED) is 0.723. The Hall–Kier alpha value is 0.620. The van der Waals surface area contributed by atoms with Crippen LogP contribution in [0, 0.1) is 0 Å². The fourth-order valence-electron chi connectivity index (χ4n) is 2.51. The highest BCUT2D eigenvalue weighted by Gasteiger charge is 2.28. The van der Waals surface area contributed by atoms with Crippen molar-refractivity contribution in [2.45, 2.75) is 25.9 Å². The first-order chi connectivity index (χ1) is 7.69. The average molecular weight is 262 g/mol. The smallest absolute Gasteiger partial charge is 0.0198 e. The van der Waals surface area contributed by atoms with Crippen molar-refractivity contribution in [3.8, 4) is 0 Å². The van der Waals surface area contributed by atoms with E-state index in [1.54, 1.807) is 0 Å². The molecule has 0 radical (unpaired) electrons. The fourth-order valence-corrected chi connectivity index (χ4v) is 3.34. The molecule has 0 spiro atoms. The Morgan fingerprint density at radius 1 is 0.938 bits per heavy atom. The predicted octanol–water partition coefficient (Wildman–Crippen LogP) is 2.11. The first kappa shape index (κ1) is 14.7. The maximum atomic E-state index is 2.67. The Morgan fingerprint density at radius 2 is 1.44 bits per heavy atom. The van der Waals surface area contributed by atoms with Gasteiger partial charge in [-0.25, -0.2) is 0 Å². The molecular weight excluding hydrogens is 236 g/mol. The summed E-state index contributed by atoms with van der Waals surface area (Å²) >= 11 is 3.91. The molecule has 0 aromatic rings. The maximum Gasteiger partial charge on any atom is 0.0198 e.